The molecule has 0 amide bonds. The topological polar surface area (TPSA) is 30.7 Å². The van der Waals surface area contributed by atoms with E-state index in [1.165, 1.54) is 11.3 Å². The van der Waals surface area contributed by atoms with E-state index in [2.05, 4.69) is 47.1 Å². The molecule has 0 aromatic carbocycles. The first-order chi connectivity index (χ1) is 11.3. The lowest BCUT2D eigenvalue weighted by atomic mass is 10.1. The highest BCUT2D eigenvalue weighted by Crippen LogP contribution is 2.30. The summed E-state index contributed by atoms with van der Waals surface area (Å²) in [6.45, 7) is 6.32. The van der Waals surface area contributed by atoms with Crippen molar-refractivity contribution in [3.05, 3.63) is 59.0 Å². The predicted octanol–water partition coefficient (Wildman–Crippen LogP) is 4.44. The molecule has 0 aliphatic heterocycles. The van der Waals surface area contributed by atoms with Gasteiger partial charge < -0.3 is 4.57 Å². The van der Waals surface area contributed by atoms with Gasteiger partial charge in [0, 0.05) is 24.0 Å². The maximum atomic E-state index is 13.6. The van der Waals surface area contributed by atoms with Crippen LogP contribution in [0.3, 0.4) is 0 Å². The van der Waals surface area contributed by atoms with E-state index in [4.69, 9.17) is 0 Å². The number of rotatable bonds is 1. The Kier molecular flexibility index (Phi) is 4.20. The summed E-state index contributed by atoms with van der Waals surface area (Å²) in [5, 5.41) is 0. The summed E-state index contributed by atoms with van der Waals surface area (Å²) in [5.41, 5.74) is -0.148. The highest BCUT2D eigenvalue weighted by atomic mass is 32.1. The van der Waals surface area contributed by atoms with Crippen molar-refractivity contribution >= 4 is 11.3 Å². The summed E-state index contributed by atoms with van der Waals surface area (Å²) < 4.78 is 28.5. The first kappa shape index (κ1) is 16.3. The zero-order valence-corrected chi connectivity index (χ0v) is 14.3. The second kappa shape index (κ2) is 6.17. The summed E-state index contributed by atoms with van der Waals surface area (Å²) in [5.74, 6) is 4.90. The lowest BCUT2D eigenvalue weighted by molar-refractivity contribution is 0.401. The minimum absolute atomic E-state index is 0.0671. The van der Waals surface area contributed by atoms with E-state index in [0.29, 0.717) is 0 Å². The Labute approximate surface area is 143 Å². The molecular weight excluding hydrogens is 328 g/mol. The molecule has 24 heavy (non-hydrogen) atoms. The number of hydrogen-bond donors (Lipinski definition) is 0. The van der Waals surface area contributed by atoms with Gasteiger partial charge in [-0.3, -0.25) is 0 Å². The van der Waals surface area contributed by atoms with Crippen LogP contribution in [0.5, 0.6) is 0 Å². The van der Waals surface area contributed by atoms with Crippen molar-refractivity contribution in [1.82, 2.24) is 14.5 Å². The zero-order valence-electron chi connectivity index (χ0n) is 13.5. The van der Waals surface area contributed by atoms with Crippen LogP contribution in [0.4, 0.5) is 8.78 Å². The van der Waals surface area contributed by atoms with Crippen molar-refractivity contribution in [1.29, 1.82) is 0 Å². The number of halogens is 2. The highest BCUT2D eigenvalue weighted by molar-refractivity contribution is 7.15. The van der Waals surface area contributed by atoms with Crippen LogP contribution in [-0.2, 0) is 5.54 Å². The second-order valence-electron chi connectivity index (χ2n) is 6.19. The van der Waals surface area contributed by atoms with Gasteiger partial charge in [0.1, 0.15) is 11.5 Å². The van der Waals surface area contributed by atoms with E-state index in [1.54, 1.807) is 6.20 Å². The largest absolute Gasteiger partial charge is 0.325 e. The summed E-state index contributed by atoms with van der Waals surface area (Å²) in [6.07, 6.45) is 4.66. The van der Waals surface area contributed by atoms with Crippen LogP contribution >= 0.6 is 11.3 Å². The fourth-order valence-corrected chi connectivity index (χ4v) is 3.03. The average molecular weight is 343 g/mol. The summed E-state index contributed by atoms with van der Waals surface area (Å²) >= 11 is 1.47. The molecule has 0 aliphatic rings. The van der Waals surface area contributed by atoms with E-state index < -0.39 is 11.6 Å². The van der Waals surface area contributed by atoms with E-state index in [9.17, 15) is 8.78 Å². The van der Waals surface area contributed by atoms with Gasteiger partial charge in [0.15, 0.2) is 11.6 Å². The molecule has 0 aliphatic carbocycles. The molecular formula is C18H15F2N3S. The Bertz CT molecular complexity index is 939. The van der Waals surface area contributed by atoms with Crippen molar-refractivity contribution in [2.45, 2.75) is 26.3 Å². The Morgan fingerprint density at radius 1 is 1.12 bits per heavy atom. The molecule has 3 heterocycles. The predicted molar refractivity (Wildman–Crippen MR) is 90.7 cm³/mol. The Morgan fingerprint density at radius 3 is 2.62 bits per heavy atom. The van der Waals surface area contributed by atoms with Crippen molar-refractivity contribution < 1.29 is 8.78 Å². The van der Waals surface area contributed by atoms with Crippen LogP contribution in [-0.4, -0.2) is 14.5 Å². The smallest absolute Gasteiger partial charge is 0.160 e. The van der Waals surface area contributed by atoms with Crippen LogP contribution in [0.2, 0.25) is 0 Å². The van der Waals surface area contributed by atoms with E-state index >= 15 is 0 Å². The Morgan fingerprint density at radius 2 is 1.92 bits per heavy atom. The molecule has 0 atom stereocenters. The fourth-order valence-electron chi connectivity index (χ4n) is 2.18. The fraction of sp³-hybridized carbons (Fsp3) is 0.222. The van der Waals surface area contributed by atoms with Crippen LogP contribution in [0, 0.1) is 23.5 Å². The SMILES string of the molecule is CC(C)(C)n1ccnc1-c1ccc(C#Cc2ncc(F)cc2F)s1. The third-order valence-electron chi connectivity index (χ3n) is 3.30. The van der Waals surface area contributed by atoms with Gasteiger partial charge in [0.25, 0.3) is 0 Å². The van der Waals surface area contributed by atoms with Crippen LogP contribution in [0.15, 0.2) is 36.8 Å². The van der Waals surface area contributed by atoms with Crippen LogP contribution in [0.25, 0.3) is 10.7 Å². The molecule has 0 bridgehead atoms. The lowest BCUT2D eigenvalue weighted by Gasteiger charge is -2.22. The summed E-state index contributed by atoms with van der Waals surface area (Å²) in [7, 11) is 0. The van der Waals surface area contributed by atoms with Crippen molar-refractivity contribution in [3.63, 3.8) is 0 Å². The molecule has 0 spiro atoms. The Hall–Kier alpha value is -2.52. The normalized spacial score (nSPS) is 11.2. The van der Waals surface area contributed by atoms with E-state index in [-0.39, 0.29) is 11.2 Å². The van der Waals surface area contributed by atoms with Gasteiger partial charge in [0.05, 0.1) is 16.0 Å². The number of hydrogen-bond acceptors (Lipinski definition) is 3. The van der Waals surface area contributed by atoms with Crippen molar-refractivity contribution in [3.8, 4) is 22.5 Å². The maximum absolute atomic E-state index is 13.6. The number of pyridine rings is 1. The second-order valence-corrected chi connectivity index (χ2v) is 7.27. The third kappa shape index (κ3) is 3.36. The summed E-state index contributed by atoms with van der Waals surface area (Å²) in [6, 6.07) is 4.57. The molecule has 6 heteroatoms. The lowest BCUT2D eigenvalue weighted by Crippen LogP contribution is -2.21. The first-order valence-corrected chi connectivity index (χ1v) is 8.13. The number of imidazole rings is 1. The van der Waals surface area contributed by atoms with Gasteiger partial charge in [-0.25, -0.2) is 18.7 Å². The molecule has 3 rings (SSSR count). The van der Waals surface area contributed by atoms with E-state index in [0.717, 1.165) is 27.8 Å². The number of nitrogens with zero attached hydrogens (tertiary/aromatic N) is 3. The number of aromatic nitrogens is 3. The molecule has 0 saturated heterocycles. The number of thiophene rings is 1. The standard InChI is InChI=1S/C18H15F2N3S/c1-18(2,3)23-9-8-21-17(23)16-7-5-13(24-16)4-6-15-14(20)10-12(19)11-22-15/h5,7-11H,1-3H3. The third-order valence-corrected chi connectivity index (χ3v) is 4.30. The first-order valence-electron chi connectivity index (χ1n) is 7.32. The Balaban J connectivity index is 1.90. The molecule has 0 radical (unpaired) electrons. The molecule has 0 N–H and O–H groups in total. The quantitative estimate of drug-likeness (QED) is 0.612. The van der Waals surface area contributed by atoms with Gasteiger partial charge in [-0.2, -0.15) is 0 Å². The van der Waals surface area contributed by atoms with Gasteiger partial charge in [0.2, 0.25) is 0 Å². The van der Waals surface area contributed by atoms with Crippen LogP contribution < -0.4 is 0 Å². The van der Waals surface area contributed by atoms with E-state index in [1.807, 2.05) is 18.3 Å². The van der Waals surface area contributed by atoms with Gasteiger partial charge in [-0.05, 0) is 44.7 Å². The minimum atomic E-state index is -0.762. The maximum Gasteiger partial charge on any atom is 0.160 e. The van der Waals surface area contributed by atoms with Crippen molar-refractivity contribution in [2.24, 2.45) is 0 Å². The van der Waals surface area contributed by atoms with Gasteiger partial charge in [-0.15, -0.1) is 11.3 Å². The molecule has 0 unspecified atom stereocenters. The minimum Gasteiger partial charge on any atom is -0.325 e. The molecule has 0 fully saturated rings. The molecule has 122 valence electrons. The summed E-state index contributed by atoms with van der Waals surface area (Å²) in [4.78, 5) is 9.82. The van der Waals surface area contributed by atoms with Crippen molar-refractivity contribution in [2.75, 3.05) is 0 Å². The monoisotopic (exact) mass is 343 g/mol. The molecule has 3 nitrogen and oxygen atoms in total. The van der Waals surface area contributed by atoms with Gasteiger partial charge >= 0.3 is 0 Å². The average Bonchev–Trinajstić information content (AvgIpc) is 3.14. The molecule has 3 aromatic heterocycles. The van der Waals surface area contributed by atoms with Crippen LogP contribution in [0.1, 0.15) is 31.3 Å². The molecule has 0 saturated carbocycles. The van der Waals surface area contributed by atoms with Gasteiger partial charge in [-0.1, -0.05) is 0 Å². The molecule has 3 aromatic rings. The zero-order chi connectivity index (χ0) is 17.3. The highest BCUT2D eigenvalue weighted by Gasteiger charge is 2.18.